The summed E-state index contributed by atoms with van der Waals surface area (Å²) >= 11 is 0. The quantitative estimate of drug-likeness (QED) is 0.776. The predicted octanol–water partition coefficient (Wildman–Crippen LogP) is 1.41. The first-order valence-electron chi connectivity index (χ1n) is 7.10. The second kappa shape index (κ2) is 6.22. The van der Waals surface area contributed by atoms with Gasteiger partial charge in [0.05, 0.1) is 11.6 Å². The van der Waals surface area contributed by atoms with Crippen LogP contribution < -0.4 is 5.32 Å². The zero-order valence-electron chi connectivity index (χ0n) is 12.7. The van der Waals surface area contributed by atoms with Gasteiger partial charge in [-0.3, -0.25) is 4.79 Å². The molecule has 2 rings (SSSR count). The minimum atomic E-state index is -0.558. The number of H-pyrrole nitrogens is 1. The maximum absolute atomic E-state index is 11.8. The number of aromatic nitrogens is 3. The van der Waals surface area contributed by atoms with Crippen molar-refractivity contribution in [2.24, 2.45) is 5.41 Å². The molecule has 114 valence electrons. The van der Waals surface area contributed by atoms with Gasteiger partial charge in [0.25, 0.3) is 0 Å². The smallest absolute Gasteiger partial charge is 0.220 e. The van der Waals surface area contributed by atoms with E-state index in [0.717, 1.165) is 11.3 Å². The molecule has 0 aliphatic carbocycles. The fourth-order valence-corrected chi connectivity index (χ4v) is 1.85. The number of nitrogens with one attached hydrogen (secondary N) is 2. The van der Waals surface area contributed by atoms with Crippen LogP contribution in [0.5, 0.6) is 0 Å². The number of amides is 1. The van der Waals surface area contributed by atoms with Crippen molar-refractivity contribution in [3.63, 3.8) is 0 Å². The molecule has 1 amide bonds. The number of aliphatic hydroxyl groups excluding tert-OH is 1. The Bertz CT molecular complexity index is 582. The van der Waals surface area contributed by atoms with Gasteiger partial charge in [-0.15, -0.1) is 0 Å². The molecule has 1 unspecified atom stereocenters. The first-order chi connectivity index (χ1) is 9.86. The lowest BCUT2D eigenvalue weighted by atomic mass is 9.89. The van der Waals surface area contributed by atoms with Crippen LogP contribution in [0.1, 0.15) is 33.0 Å². The molecule has 6 heteroatoms. The van der Waals surface area contributed by atoms with Crippen molar-refractivity contribution < 1.29 is 9.90 Å². The van der Waals surface area contributed by atoms with E-state index in [2.05, 4.69) is 20.3 Å². The first-order valence-corrected chi connectivity index (χ1v) is 7.10. The van der Waals surface area contributed by atoms with E-state index in [1.54, 1.807) is 6.20 Å². The number of pyridine rings is 1. The fraction of sp³-hybridized carbons (Fsp3) is 0.533. The molecule has 6 nitrogen and oxygen atoms in total. The number of aryl methyl sites for hydroxylation is 1. The first kappa shape index (κ1) is 15.4. The second-order valence-electron chi connectivity index (χ2n) is 6.24. The van der Waals surface area contributed by atoms with E-state index < -0.39 is 6.10 Å². The Morgan fingerprint density at radius 1 is 1.48 bits per heavy atom. The monoisotopic (exact) mass is 290 g/mol. The summed E-state index contributed by atoms with van der Waals surface area (Å²) in [5.74, 6) is 0.655. The third kappa shape index (κ3) is 4.26. The molecule has 0 saturated carbocycles. The van der Waals surface area contributed by atoms with Crippen LogP contribution in [0.3, 0.4) is 0 Å². The molecule has 0 saturated heterocycles. The number of fused-ring (bicyclic) bond motifs is 1. The Morgan fingerprint density at radius 2 is 2.24 bits per heavy atom. The van der Waals surface area contributed by atoms with Crippen LogP contribution in [0.4, 0.5) is 0 Å². The van der Waals surface area contributed by atoms with Gasteiger partial charge in [-0.2, -0.15) is 0 Å². The number of carbonyl (C=O) groups excluding carboxylic acids is 1. The number of carbonyl (C=O) groups is 1. The second-order valence-corrected chi connectivity index (χ2v) is 6.24. The normalized spacial score (nSPS) is 13.3. The van der Waals surface area contributed by atoms with E-state index in [1.807, 2.05) is 32.9 Å². The third-order valence-electron chi connectivity index (χ3n) is 3.39. The average molecular weight is 290 g/mol. The molecule has 0 aliphatic heterocycles. The Labute approximate surface area is 124 Å². The van der Waals surface area contributed by atoms with Crippen molar-refractivity contribution in [1.29, 1.82) is 0 Å². The summed E-state index contributed by atoms with van der Waals surface area (Å²) in [6, 6.07) is 3.74. The molecule has 0 aliphatic rings. The topological polar surface area (TPSA) is 90.9 Å². The van der Waals surface area contributed by atoms with Crippen LogP contribution in [-0.4, -0.2) is 38.6 Å². The van der Waals surface area contributed by atoms with Crippen LogP contribution in [0, 0.1) is 5.41 Å². The zero-order chi connectivity index (χ0) is 15.5. The molecule has 3 N–H and O–H groups in total. The highest BCUT2D eigenvalue weighted by atomic mass is 16.3. The van der Waals surface area contributed by atoms with E-state index in [-0.39, 0.29) is 17.9 Å². The minimum absolute atomic E-state index is 0.0910. The molecule has 0 bridgehead atoms. The zero-order valence-corrected chi connectivity index (χ0v) is 12.7. The predicted molar refractivity (Wildman–Crippen MR) is 80.7 cm³/mol. The Balaban J connectivity index is 1.81. The molecule has 0 fully saturated rings. The van der Waals surface area contributed by atoms with Gasteiger partial charge in [0, 0.05) is 25.6 Å². The molecule has 1 atom stereocenters. The molecule has 0 aromatic carbocycles. The third-order valence-corrected chi connectivity index (χ3v) is 3.39. The largest absolute Gasteiger partial charge is 0.391 e. The summed E-state index contributed by atoms with van der Waals surface area (Å²) in [5, 5.41) is 12.6. The van der Waals surface area contributed by atoms with Crippen LogP contribution in [0.15, 0.2) is 18.3 Å². The van der Waals surface area contributed by atoms with Crippen molar-refractivity contribution in [3.05, 3.63) is 24.2 Å². The Hall–Kier alpha value is -1.95. The van der Waals surface area contributed by atoms with Crippen LogP contribution in [0.2, 0.25) is 0 Å². The van der Waals surface area contributed by atoms with E-state index in [1.165, 1.54) is 0 Å². The molecule has 0 spiro atoms. The number of hydrogen-bond donors (Lipinski definition) is 3. The van der Waals surface area contributed by atoms with Gasteiger partial charge in [-0.1, -0.05) is 20.8 Å². The summed E-state index contributed by atoms with van der Waals surface area (Å²) in [6.07, 6.45) is 1.98. The van der Waals surface area contributed by atoms with E-state index in [9.17, 15) is 9.90 Å². The number of nitrogens with zero attached hydrogens (tertiary/aromatic N) is 2. The van der Waals surface area contributed by atoms with Gasteiger partial charge < -0.3 is 15.4 Å². The average Bonchev–Trinajstić information content (AvgIpc) is 2.84. The summed E-state index contributed by atoms with van der Waals surface area (Å²) in [5.41, 5.74) is 1.30. The highest BCUT2D eigenvalue weighted by molar-refractivity contribution is 5.76. The van der Waals surface area contributed by atoms with E-state index in [0.29, 0.717) is 18.5 Å². The van der Waals surface area contributed by atoms with Crippen molar-refractivity contribution >= 4 is 17.1 Å². The Morgan fingerprint density at radius 3 is 2.90 bits per heavy atom. The number of aromatic amines is 1. The SMILES string of the molecule is CC(C)(C)C(O)CNC(=O)CCc1nc2ncccc2[nH]1. The number of rotatable bonds is 5. The van der Waals surface area contributed by atoms with Crippen molar-refractivity contribution in [2.45, 2.75) is 39.7 Å². The molecular weight excluding hydrogens is 268 g/mol. The van der Waals surface area contributed by atoms with Crippen molar-refractivity contribution in [1.82, 2.24) is 20.3 Å². The van der Waals surface area contributed by atoms with Gasteiger partial charge in [0.2, 0.25) is 5.91 Å². The lowest BCUT2D eigenvalue weighted by Crippen LogP contribution is -2.39. The van der Waals surface area contributed by atoms with Crippen molar-refractivity contribution in [3.8, 4) is 0 Å². The highest BCUT2D eigenvalue weighted by Gasteiger charge is 2.22. The van der Waals surface area contributed by atoms with Gasteiger partial charge in [0.15, 0.2) is 5.65 Å². The summed E-state index contributed by atoms with van der Waals surface area (Å²) < 4.78 is 0. The standard InChI is InChI=1S/C15H22N4O2/c1-15(2,3)11(20)9-17-13(21)7-6-12-18-10-5-4-8-16-14(10)19-12/h4-5,8,11,20H,6-7,9H2,1-3H3,(H,17,21)(H,16,18,19). The van der Waals surface area contributed by atoms with Crippen LogP contribution in [0.25, 0.3) is 11.2 Å². The maximum Gasteiger partial charge on any atom is 0.220 e. The van der Waals surface area contributed by atoms with Gasteiger partial charge >= 0.3 is 0 Å². The molecule has 0 radical (unpaired) electrons. The number of hydrogen-bond acceptors (Lipinski definition) is 4. The molecule has 2 heterocycles. The van der Waals surface area contributed by atoms with Crippen LogP contribution >= 0.6 is 0 Å². The van der Waals surface area contributed by atoms with Gasteiger partial charge in [-0.05, 0) is 17.5 Å². The van der Waals surface area contributed by atoms with E-state index in [4.69, 9.17) is 0 Å². The van der Waals surface area contributed by atoms with Crippen LogP contribution in [-0.2, 0) is 11.2 Å². The summed E-state index contributed by atoms with van der Waals surface area (Å²) in [6.45, 7) is 6.08. The van der Waals surface area contributed by atoms with Gasteiger partial charge in [-0.25, -0.2) is 9.97 Å². The maximum atomic E-state index is 11.8. The van der Waals surface area contributed by atoms with E-state index >= 15 is 0 Å². The molecule has 2 aromatic rings. The number of imidazole rings is 1. The molecular formula is C15H22N4O2. The lowest BCUT2D eigenvalue weighted by molar-refractivity contribution is -0.121. The summed E-state index contributed by atoms with van der Waals surface area (Å²) in [4.78, 5) is 23.4. The number of aliphatic hydroxyl groups is 1. The highest BCUT2D eigenvalue weighted by Crippen LogP contribution is 2.18. The fourth-order valence-electron chi connectivity index (χ4n) is 1.85. The summed E-state index contributed by atoms with van der Waals surface area (Å²) in [7, 11) is 0. The Kier molecular flexibility index (Phi) is 4.57. The molecule has 2 aromatic heterocycles. The lowest BCUT2D eigenvalue weighted by Gasteiger charge is -2.25. The molecule has 21 heavy (non-hydrogen) atoms. The van der Waals surface area contributed by atoms with Crippen molar-refractivity contribution in [2.75, 3.05) is 6.54 Å². The van der Waals surface area contributed by atoms with Gasteiger partial charge in [0.1, 0.15) is 5.82 Å². The minimum Gasteiger partial charge on any atom is -0.391 e.